The molecule has 8 heteroatoms. The highest BCUT2D eigenvalue weighted by Gasteiger charge is 2.52. The number of hydrogen-bond donors (Lipinski definition) is 1. The number of anilines is 1. The van der Waals surface area contributed by atoms with E-state index in [1.165, 1.54) is 4.90 Å². The Morgan fingerprint density at radius 3 is 2.07 bits per heavy atom. The van der Waals surface area contributed by atoms with Crippen molar-refractivity contribution in [3.05, 3.63) is 53.3 Å². The predicted molar refractivity (Wildman–Crippen MR) is 118 cm³/mol. The van der Waals surface area contributed by atoms with Crippen LogP contribution in [0.25, 0.3) is 0 Å². The van der Waals surface area contributed by atoms with Crippen LogP contribution in [0.3, 0.4) is 0 Å². The van der Waals surface area contributed by atoms with Crippen LogP contribution < -0.4 is 10.3 Å². The number of aromatic nitrogens is 1. The number of halogens is 2. The Labute approximate surface area is 185 Å². The van der Waals surface area contributed by atoms with Gasteiger partial charge in [-0.15, -0.1) is 0 Å². The van der Waals surface area contributed by atoms with Crippen molar-refractivity contribution in [2.75, 3.05) is 10.3 Å². The fraction of sp³-hybridized carbons (Fsp3) is 0.381. The Morgan fingerprint density at radius 2 is 1.52 bits per heavy atom. The molecule has 0 unspecified atom stereocenters. The monoisotopic (exact) mass is 521 g/mol. The molecule has 2 fully saturated rings. The minimum Gasteiger partial charge on any atom is -0.274 e. The summed E-state index contributed by atoms with van der Waals surface area (Å²) < 4.78 is 1.71. The number of benzene rings is 1. The molecule has 1 N–H and O–H groups in total. The number of amides is 3. The van der Waals surface area contributed by atoms with E-state index in [9.17, 15) is 14.4 Å². The highest BCUT2D eigenvalue weighted by Crippen LogP contribution is 2.44. The van der Waals surface area contributed by atoms with Crippen LogP contribution in [-0.4, -0.2) is 32.1 Å². The van der Waals surface area contributed by atoms with Gasteiger partial charge in [0, 0.05) is 26.6 Å². The van der Waals surface area contributed by atoms with E-state index in [0.29, 0.717) is 24.1 Å². The van der Waals surface area contributed by atoms with Crippen molar-refractivity contribution in [1.82, 2.24) is 4.68 Å². The Bertz CT molecular complexity index is 955. The zero-order valence-corrected chi connectivity index (χ0v) is 19.2. The Morgan fingerprint density at radius 1 is 0.966 bits per heavy atom. The maximum Gasteiger partial charge on any atom is 0.270 e. The second-order valence-corrected chi connectivity index (χ2v) is 10.0. The molecule has 1 saturated heterocycles. The van der Waals surface area contributed by atoms with Crippen molar-refractivity contribution in [2.24, 2.45) is 11.8 Å². The molecule has 0 bridgehead atoms. The summed E-state index contributed by atoms with van der Waals surface area (Å²) in [6.07, 6.45) is 1.24. The Hall–Kier alpha value is -1.93. The van der Waals surface area contributed by atoms with E-state index in [-0.39, 0.29) is 39.2 Å². The first kappa shape index (κ1) is 20.3. The Balaban J connectivity index is 1.59. The molecular weight excluding hydrogens is 502 g/mol. The van der Waals surface area contributed by atoms with E-state index < -0.39 is 0 Å². The number of alkyl halides is 2. The summed E-state index contributed by atoms with van der Waals surface area (Å²) in [6.45, 7) is 3.81. The molecule has 0 radical (unpaired) electrons. The molecular formula is C21H21Br2N3O3. The molecule has 29 heavy (non-hydrogen) atoms. The lowest BCUT2D eigenvalue weighted by atomic mass is 9.81. The van der Waals surface area contributed by atoms with Gasteiger partial charge in [-0.1, -0.05) is 37.9 Å². The summed E-state index contributed by atoms with van der Waals surface area (Å²) in [7, 11) is 0. The van der Waals surface area contributed by atoms with Crippen molar-refractivity contribution >= 4 is 55.3 Å². The van der Waals surface area contributed by atoms with Gasteiger partial charge in [-0.05, 0) is 57.0 Å². The van der Waals surface area contributed by atoms with Crippen molar-refractivity contribution in [1.29, 1.82) is 0 Å². The molecule has 6 nitrogen and oxygen atoms in total. The maximum absolute atomic E-state index is 13.0. The van der Waals surface area contributed by atoms with Gasteiger partial charge in [0.2, 0.25) is 11.8 Å². The molecule has 152 valence electrons. The summed E-state index contributed by atoms with van der Waals surface area (Å²) in [4.78, 5) is 40.3. The van der Waals surface area contributed by atoms with Crippen molar-refractivity contribution in [3.8, 4) is 0 Å². The third-order valence-corrected chi connectivity index (χ3v) is 8.50. The third-order valence-electron chi connectivity index (χ3n) is 5.76. The molecule has 1 aromatic heterocycles. The summed E-state index contributed by atoms with van der Waals surface area (Å²) in [6, 6.07) is 10.5. The van der Waals surface area contributed by atoms with Crippen LogP contribution in [0.1, 0.15) is 34.6 Å². The topological polar surface area (TPSA) is 71.4 Å². The second-order valence-electron chi connectivity index (χ2n) is 7.67. The quantitative estimate of drug-likeness (QED) is 0.490. The first-order chi connectivity index (χ1) is 13.8. The van der Waals surface area contributed by atoms with Gasteiger partial charge in [0.1, 0.15) is 0 Å². The molecule has 1 aliphatic heterocycles. The summed E-state index contributed by atoms with van der Waals surface area (Å²) >= 11 is 7.20. The highest BCUT2D eigenvalue weighted by molar-refractivity contribution is 9.12. The largest absolute Gasteiger partial charge is 0.274 e. The normalized spacial score (nSPS) is 26.6. The number of imide groups is 1. The number of nitrogens with zero attached hydrogens (tertiary/aromatic N) is 2. The smallest absolute Gasteiger partial charge is 0.270 e. The molecule has 1 aromatic carbocycles. The van der Waals surface area contributed by atoms with E-state index in [4.69, 9.17) is 0 Å². The van der Waals surface area contributed by atoms with Crippen LogP contribution >= 0.6 is 31.9 Å². The summed E-state index contributed by atoms with van der Waals surface area (Å²) in [5.74, 6) is -1.30. The van der Waals surface area contributed by atoms with Gasteiger partial charge in [0.25, 0.3) is 5.91 Å². The fourth-order valence-corrected chi connectivity index (χ4v) is 5.38. The maximum atomic E-state index is 13.0. The summed E-state index contributed by atoms with van der Waals surface area (Å²) in [5, 5.41) is 0. The lowest BCUT2D eigenvalue weighted by molar-refractivity contribution is -0.122. The zero-order chi connectivity index (χ0) is 20.9. The molecule has 2 heterocycles. The average Bonchev–Trinajstić information content (AvgIpc) is 3.13. The molecule has 1 aliphatic carbocycles. The highest BCUT2D eigenvalue weighted by atomic mass is 79.9. The number of fused-ring (bicyclic) bond motifs is 1. The number of carbonyl (C=O) groups excluding carboxylic acids is 3. The van der Waals surface area contributed by atoms with E-state index in [1.807, 2.05) is 26.0 Å². The van der Waals surface area contributed by atoms with E-state index >= 15 is 0 Å². The van der Waals surface area contributed by atoms with E-state index in [0.717, 1.165) is 11.4 Å². The van der Waals surface area contributed by atoms with Crippen molar-refractivity contribution in [3.63, 3.8) is 0 Å². The first-order valence-electron chi connectivity index (χ1n) is 9.50. The molecule has 4 atom stereocenters. The minimum absolute atomic E-state index is 0.158. The van der Waals surface area contributed by atoms with Crippen molar-refractivity contribution in [2.45, 2.75) is 36.3 Å². The van der Waals surface area contributed by atoms with E-state index in [2.05, 4.69) is 37.3 Å². The molecule has 0 spiro atoms. The van der Waals surface area contributed by atoms with Crippen molar-refractivity contribution < 1.29 is 14.4 Å². The van der Waals surface area contributed by atoms with Crippen LogP contribution in [0, 0.1) is 25.7 Å². The molecule has 4 rings (SSSR count). The molecule has 2 aromatic rings. The van der Waals surface area contributed by atoms with Gasteiger partial charge in [-0.3, -0.25) is 29.4 Å². The number of carbonyl (C=O) groups is 3. The van der Waals surface area contributed by atoms with Gasteiger partial charge < -0.3 is 0 Å². The van der Waals surface area contributed by atoms with E-state index in [1.54, 1.807) is 28.9 Å². The first-order valence-corrected chi connectivity index (χ1v) is 11.3. The van der Waals surface area contributed by atoms with Gasteiger partial charge in [0.05, 0.1) is 17.5 Å². The van der Waals surface area contributed by atoms with Crippen LogP contribution in [0.4, 0.5) is 5.69 Å². The number of nitrogens with one attached hydrogen (secondary N) is 1. The lowest BCUT2D eigenvalue weighted by Crippen LogP contribution is -2.34. The number of rotatable bonds is 3. The summed E-state index contributed by atoms with van der Waals surface area (Å²) in [5.41, 5.74) is 5.51. The van der Waals surface area contributed by atoms with Gasteiger partial charge in [0.15, 0.2) is 0 Å². The van der Waals surface area contributed by atoms with Gasteiger partial charge in [-0.2, -0.15) is 0 Å². The van der Waals surface area contributed by atoms with Crippen LogP contribution in [0.2, 0.25) is 0 Å². The third kappa shape index (κ3) is 3.57. The van der Waals surface area contributed by atoms with Crippen LogP contribution in [-0.2, 0) is 9.59 Å². The Kier molecular flexibility index (Phi) is 5.42. The predicted octanol–water partition coefficient (Wildman–Crippen LogP) is 3.92. The average molecular weight is 523 g/mol. The number of aryl methyl sites for hydroxylation is 2. The molecule has 3 amide bonds. The second kappa shape index (κ2) is 7.72. The standard InChI is InChI=1S/C21H21Br2N3O3/c1-11-6-7-12(2)26(11)24-19(27)13-4-3-5-14(8-13)25-20(28)15-9-17(22)18(23)10-16(15)21(25)29/h3-8,15-18H,9-10H2,1-2H3,(H,24,27)/t15-,16-,17+,18+/m1/s1. The van der Waals surface area contributed by atoms with Gasteiger partial charge in [-0.25, -0.2) is 0 Å². The SMILES string of the molecule is Cc1ccc(C)n1NC(=O)c1cccc(N2C(=O)[C@@H]3C[C@H](Br)[C@@H](Br)C[C@H]3C2=O)c1. The number of hydrogen-bond acceptors (Lipinski definition) is 3. The van der Waals surface area contributed by atoms with Crippen LogP contribution in [0.5, 0.6) is 0 Å². The molecule has 1 saturated carbocycles. The minimum atomic E-state index is -0.316. The molecule has 2 aliphatic rings. The lowest BCUT2D eigenvalue weighted by Gasteiger charge is -2.29. The zero-order valence-electron chi connectivity index (χ0n) is 16.1. The van der Waals surface area contributed by atoms with Crippen LogP contribution in [0.15, 0.2) is 36.4 Å². The van der Waals surface area contributed by atoms with Gasteiger partial charge >= 0.3 is 0 Å². The fourth-order valence-electron chi connectivity index (χ4n) is 4.15.